The molecule has 0 saturated heterocycles. The lowest BCUT2D eigenvalue weighted by atomic mass is 10.1. The molecule has 1 aromatic heterocycles. The van der Waals surface area contributed by atoms with Crippen molar-refractivity contribution in [3.8, 4) is 0 Å². The highest BCUT2D eigenvalue weighted by atomic mass is 35.5. The van der Waals surface area contributed by atoms with Crippen molar-refractivity contribution >= 4 is 36.5 Å². The monoisotopic (exact) mass is 439 g/mol. The number of carbonyl (C=O) groups is 1. The number of benzene rings is 1. The normalized spacial score (nSPS) is 14.7. The van der Waals surface area contributed by atoms with E-state index in [4.69, 9.17) is 11.6 Å². The van der Waals surface area contributed by atoms with Crippen LogP contribution in [-0.2, 0) is 17.9 Å². The van der Waals surface area contributed by atoms with Crippen molar-refractivity contribution in [3.63, 3.8) is 0 Å². The summed E-state index contributed by atoms with van der Waals surface area (Å²) in [6.45, 7) is 6.25. The summed E-state index contributed by atoms with van der Waals surface area (Å²) in [5.41, 5.74) is 0.693. The largest absolute Gasteiger partial charge is 0.386 e. The number of amides is 1. The van der Waals surface area contributed by atoms with Gasteiger partial charge in [0.2, 0.25) is 5.91 Å². The zero-order valence-corrected chi connectivity index (χ0v) is 18.3. The summed E-state index contributed by atoms with van der Waals surface area (Å²) in [7, 11) is 0. The van der Waals surface area contributed by atoms with Gasteiger partial charge in [-0.25, -0.2) is 4.99 Å². The minimum Gasteiger partial charge on any atom is -0.386 e. The summed E-state index contributed by atoms with van der Waals surface area (Å²) < 4.78 is 0. The van der Waals surface area contributed by atoms with Gasteiger partial charge in [-0.3, -0.25) is 15.0 Å². The maximum absolute atomic E-state index is 11.9. The molecule has 1 heterocycles. The highest BCUT2D eigenvalue weighted by molar-refractivity contribution is 7.81. The molecule has 2 aromatic rings. The van der Waals surface area contributed by atoms with Crippen molar-refractivity contribution in [2.75, 3.05) is 6.54 Å². The Morgan fingerprint density at radius 3 is 2.79 bits per heavy atom. The minimum absolute atomic E-state index is 0.105. The number of aliphatic hydroxyl groups excluding tert-OH is 1. The molecule has 9 nitrogen and oxygen atoms in total. The van der Waals surface area contributed by atoms with Crippen LogP contribution in [-0.4, -0.2) is 54.0 Å². The third-order valence-corrected chi connectivity index (χ3v) is 4.49. The van der Waals surface area contributed by atoms with E-state index in [1.165, 1.54) is 23.0 Å². The van der Waals surface area contributed by atoms with Gasteiger partial charge in [0.05, 0.1) is 19.4 Å². The fraction of sp³-hybridized carbons (Fsp3) is 0.500. The Balaban J connectivity index is 2.00. The third kappa shape index (κ3) is 7.73. The second kappa shape index (κ2) is 10.7. The molecule has 1 amide bonds. The first-order chi connectivity index (χ1) is 13.7. The van der Waals surface area contributed by atoms with Gasteiger partial charge in [-0.15, -0.1) is 22.8 Å². The van der Waals surface area contributed by atoms with Crippen LogP contribution in [0.4, 0.5) is 0 Å². The lowest BCUT2D eigenvalue weighted by Crippen LogP contribution is -2.37. The second-order valence-electron chi connectivity index (χ2n) is 6.67. The number of rotatable bonds is 10. The fourth-order valence-corrected chi connectivity index (χ4v) is 2.63. The van der Waals surface area contributed by atoms with E-state index in [-0.39, 0.29) is 19.0 Å². The van der Waals surface area contributed by atoms with Crippen LogP contribution < -0.4 is 5.32 Å². The third-order valence-electron chi connectivity index (χ3n) is 3.96. The number of aliphatic imine (C=N–C) groups is 1. The molecule has 2 rings (SSSR count). The van der Waals surface area contributed by atoms with Crippen LogP contribution in [0, 0.1) is 0 Å². The molecule has 2 N–H and O–H groups in total. The molecular formula is C18H26ClN7O2S. The summed E-state index contributed by atoms with van der Waals surface area (Å²) in [6, 6.07) is 6.88. The Bertz CT molecular complexity index is 826. The zero-order valence-electron chi connectivity index (χ0n) is 16.7. The molecule has 0 aliphatic heterocycles. The first kappa shape index (κ1) is 23.3. The number of thiol groups is 1. The van der Waals surface area contributed by atoms with Crippen LogP contribution in [0.5, 0.6) is 0 Å². The number of aromatic nitrogens is 4. The molecule has 0 bridgehead atoms. The summed E-state index contributed by atoms with van der Waals surface area (Å²) in [4.78, 5) is 18.1. The molecule has 2 atom stereocenters. The molecule has 1 unspecified atom stereocenters. The van der Waals surface area contributed by atoms with Crippen LogP contribution in [0.25, 0.3) is 0 Å². The molecule has 1 aromatic carbocycles. The van der Waals surface area contributed by atoms with Crippen LogP contribution in [0.15, 0.2) is 29.3 Å². The van der Waals surface area contributed by atoms with E-state index in [9.17, 15) is 9.90 Å². The molecule has 11 heteroatoms. The molecule has 0 aliphatic carbocycles. The van der Waals surface area contributed by atoms with E-state index in [0.29, 0.717) is 16.4 Å². The topological polar surface area (TPSA) is 109 Å². The number of hydrogen-bond donors (Lipinski definition) is 3. The SMILES string of the molecule is CCCNC(C)(S)N=CN(Cc1nnn(C[C@H](O)c2ccc(Cl)cc2)n1)C(C)=O. The molecule has 0 radical (unpaired) electrons. The van der Waals surface area contributed by atoms with Gasteiger partial charge < -0.3 is 5.11 Å². The predicted molar refractivity (Wildman–Crippen MR) is 115 cm³/mol. The molecule has 0 fully saturated rings. The van der Waals surface area contributed by atoms with E-state index in [1.54, 1.807) is 31.2 Å². The second-order valence-corrected chi connectivity index (χ2v) is 7.97. The van der Waals surface area contributed by atoms with Gasteiger partial charge in [0.15, 0.2) is 10.8 Å². The smallest absolute Gasteiger partial charge is 0.224 e. The Morgan fingerprint density at radius 1 is 1.48 bits per heavy atom. The number of nitrogens with one attached hydrogen (secondary N) is 1. The average molecular weight is 440 g/mol. The van der Waals surface area contributed by atoms with Crippen molar-refractivity contribution in [2.45, 2.75) is 51.4 Å². The summed E-state index contributed by atoms with van der Waals surface area (Å²) in [5, 5.41) is 26.2. The van der Waals surface area contributed by atoms with Crippen LogP contribution in [0.1, 0.15) is 44.7 Å². The number of halogens is 1. The fourth-order valence-electron chi connectivity index (χ4n) is 2.34. The van der Waals surface area contributed by atoms with Crippen molar-refractivity contribution < 1.29 is 9.90 Å². The summed E-state index contributed by atoms with van der Waals surface area (Å²) >= 11 is 10.3. The maximum atomic E-state index is 11.9. The number of hydrogen-bond acceptors (Lipinski definition) is 8. The van der Waals surface area contributed by atoms with Crippen molar-refractivity contribution in [1.29, 1.82) is 0 Å². The van der Waals surface area contributed by atoms with Crippen molar-refractivity contribution in [3.05, 3.63) is 40.7 Å². The molecular weight excluding hydrogens is 414 g/mol. The summed E-state index contributed by atoms with van der Waals surface area (Å²) in [5.74, 6) is 0.114. The van der Waals surface area contributed by atoms with E-state index in [1.807, 2.05) is 6.92 Å². The first-order valence-corrected chi connectivity index (χ1v) is 10.0. The number of nitrogens with zero attached hydrogens (tertiary/aromatic N) is 6. The lowest BCUT2D eigenvalue weighted by molar-refractivity contribution is -0.125. The standard InChI is InChI=1S/C18H26ClN7O2S/c1-4-9-20-18(3,29)21-12-25(13(2)27)11-17-22-24-26(23-17)10-16(28)14-5-7-15(19)8-6-14/h5-8,12,16,20,28-29H,4,9-11H2,1-3H3/t16-,18?/m0/s1. The predicted octanol–water partition coefficient (Wildman–Crippen LogP) is 2.04. The highest BCUT2D eigenvalue weighted by Crippen LogP contribution is 2.17. The Kier molecular flexibility index (Phi) is 8.57. The van der Waals surface area contributed by atoms with Gasteiger partial charge in [-0.2, -0.15) is 4.80 Å². The Labute approximate surface area is 180 Å². The first-order valence-electron chi connectivity index (χ1n) is 9.20. The van der Waals surface area contributed by atoms with E-state index in [2.05, 4.69) is 38.3 Å². The van der Waals surface area contributed by atoms with Crippen LogP contribution in [0.3, 0.4) is 0 Å². The molecule has 0 aliphatic rings. The van der Waals surface area contributed by atoms with Crippen LogP contribution in [0.2, 0.25) is 5.02 Å². The van der Waals surface area contributed by atoms with Gasteiger partial charge in [-0.05, 0) is 42.8 Å². The quantitative estimate of drug-likeness (QED) is 0.226. The van der Waals surface area contributed by atoms with E-state index >= 15 is 0 Å². The molecule has 158 valence electrons. The van der Waals surface area contributed by atoms with Gasteiger partial charge in [0, 0.05) is 11.9 Å². The highest BCUT2D eigenvalue weighted by Gasteiger charge is 2.18. The summed E-state index contributed by atoms with van der Waals surface area (Å²) in [6.07, 6.45) is 1.55. The zero-order chi connectivity index (χ0) is 21.4. The van der Waals surface area contributed by atoms with Gasteiger partial charge in [0.25, 0.3) is 0 Å². The van der Waals surface area contributed by atoms with E-state index < -0.39 is 11.1 Å². The lowest BCUT2D eigenvalue weighted by Gasteiger charge is -2.22. The van der Waals surface area contributed by atoms with Crippen LogP contribution >= 0.6 is 24.2 Å². The van der Waals surface area contributed by atoms with E-state index in [0.717, 1.165) is 13.0 Å². The maximum Gasteiger partial charge on any atom is 0.224 e. The number of aliphatic hydroxyl groups is 1. The molecule has 0 saturated carbocycles. The minimum atomic E-state index is -0.811. The van der Waals surface area contributed by atoms with Crippen molar-refractivity contribution in [2.24, 2.45) is 4.99 Å². The average Bonchev–Trinajstić information content (AvgIpc) is 3.10. The number of carbonyl (C=O) groups excluding carboxylic acids is 1. The van der Waals surface area contributed by atoms with Gasteiger partial charge in [0.1, 0.15) is 6.10 Å². The number of tetrazole rings is 1. The van der Waals surface area contributed by atoms with Gasteiger partial charge in [-0.1, -0.05) is 30.7 Å². The molecule has 0 spiro atoms. The Hall–Kier alpha value is -2.01. The van der Waals surface area contributed by atoms with Crippen molar-refractivity contribution in [1.82, 2.24) is 30.4 Å². The van der Waals surface area contributed by atoms with Gasteiger partial charge >= 0.3 is 0 Å². The molecule has 29 heavy (non-hydrogen) atoms. The Morgan fingerprint density at radius 2 is 2.17 bits per heavy atom.